The van der Waals surface area contributed by atoms with Crippen molar-refractivity contribution < 1.29 is 8.42 Å². The van der Waals surface area contributed by atoms with E-state index < -0.39 is 10.0 Å². The van der Waals surface area contributed by atoms with Crippen molar-refractivity contribution in [3.63, 3.8) is 0 Å². The molecule has 0 bridgehead atoms. The van der Waals surface area contributed by atoms with Crippen molar-refractivity contribution in [3.8, 4) is 0 Å². The Labute approximate surface area is 131 Å². The van der Waals surface area contributed by atoms with Gasteiger partial charge in [-0.05, 0) is 23.8 Å². The molecule has 3 aromatic rings. The van der Waals surface area contributed by atoms with Crippen LogP contribution in [-0.4, -0.2) is 12.4 Å². The van der Waals surface area contributed by atoms with Crippen molar-refractivity contribution in [2.45, 2.75) is 9.32 Å². The first kappa shape index (κ1) is 13.6. The fourth-order valence-electron chi connectivity index (χ4n) is 2.23. The molecule has 0 aliphatic rings. The van der Waals surface area contributed by atoms with E-state index in [-0.39, 0.29) is 0 Å². The van der Waals surface area contributed by atoms with E-state index in [1.807, 2.05) is 30.3 Å². The predicted octanol–water partition coefficient (Wildman–Crippen LogP) is 3.81. The van der Waals surface area contributed by atoms with Crippen LogP contribution in [-0.2, 0) is 14.5 Å². The van der Waals surface area contributed by atoms with Gasteiger partial charge in [-0.1, -0.05) is 59.0 Å². The summed E-state index contributed by atoms with van der Waals surface area (Å²) in [5, 5.41) is 0.987. The highest BCUT2D eigenvalue weighted by Gasteiger charge is 2.20. The van der Waals surface area contributed by atoms with Gasteiger partial charge in [0.1, 0.15) is 0 Å². The Morgan fingerprint density at radius 3 is 2.30 bits per heavy atom. The van der Waals surface area contributed by atoms with Gasteiger partial charge < -0.3 is 0 Å². The van der Waals surface area contributed by atoms with Crippen LogP contribution in [0.25, 0.3) is 10.9 Å². The van der Waals surface area contributed by atoms with Crippen molar-refractivity contribution in [2.24, 2.45) is 0 Å². The molecule has 20 heavy (non-hydrogen) atoms. The lowest BCUT2D eigenvalue weighted by atomic mass is 10.2. The van der Waals surface area contributed by atoms with Crippen LogP contribution < -0.4 is 0 Å². The molecule has 1 heterocycles. The van der Waals surface area contributed by atoms with Crippen LogP contribution in [0.2, 0.25) is 0 Å². The Kier molecular flexibility index (Phi) is 3.55. The minimum absolute atomic E-state index is 0.306. The maximum absolute atomic E-state index is 12.7. The fourth-order valence-corrected chi connectivity index (χ4v) is 4.25. The van der Waals surface area contributed by atoms with Crippen LogP contribution in [0.15, 0.2) is 65.7 Å². The van der Waals surface area contributed by atoms with E-state index in [1.54, 1.807) is 30.5 Å². The van der Waals surface area contributed by atoms with Gasteiger partial charge in [0.25, 0.3) is 10.0 Å². The first-order chi connectivity index (χ1) is 9.64. The Balaban J connectivity index is 2.30. The number of hydrogen-bond acceptors (Lipinski definition) is 2. The molecule has 0 spiro atoms. The Morgan fingerprint density at radius 1 is 0.950 bits per heavy atom. The molecular weight excluding hydrogens is 385 g/mol. The first-order valence-corrected chi connectivity index (χ1v) is 9.07. The van der Waals surface area contributed by atoms with E-state index in [2.05, 4.69) is 22.6 Å². The Bertz CT molecular complexity index is 854. The molecule has 3 rings (SSSR count). The molecule has 102 valence electrons. The summed E-state index contributed by atoms with van der Waals surface area (Å²) in [6.07, 6.45) is 1.72. The first-order valence-electron chi connectivity index (χ1n) is 6.10. The second-order valence-electron chi connectivity index (χ2n) is 4.42. The number of alkyl halides is 1. The molecule has 2 aromatic carbocycles. The zero-order valence-electron chi connectivity index (χ0n) is 10.5. The fraction of sp³-hybridized carbons (Fsp3) is 0.0667. The van der Waals surface area contributed by atoms with Crippen molar-refractivity contribution in [3.05, 3.63) is 66.4 Å². The molecule has 0 amide bonds. The topological polar surface area (TPSA) is 39.1 Å². The van der Waals surface area contributed by atoms with Gasteiger partial charge in [-0.25, -0.2) is 12.4 Å². The van der Waals surface area contributed by atoms with E-state index in [4.69, 9.17) is 0 Å². The van der Waals surface area contributed by atoms with Crippen LogP contribution in [0.5, 0.6) is 0 Å². The SMILES string of the molecule is O=S(=O)(c1ccccc1)n1cc(CI)c2ccccc21. The molecule has 0 fully saturated rings. The average Bonchev–Trinajstić information content (AvgIpc) is 2.88. The van der Waals surface area contributed by atoms with Crippen molar-refractivity contribution >= 4 is 43.5 Å². The van der Waals surface area contributed by atoms with Crippen LogP contribution in [0.4, 0.5) is 0 Å². The molecule has 0 radical (unpaired) electrons. The molecule has 0 saturated carbocycles. The summed E-state index contributed by atoms with van der Waals surface area (Å²) < 4.78 is 27.6. The summed E-state index contributed by atoms with van der Waals surface area (Å²) in [6, 6.07) is 16.1. The normalized spacial score (nSPS) is 11.8. The third-order valence-electron chi connectivity index (χ3n) is 3.20. The minimum Gasteiger partial charge on any atom is -0.241 e. The number of rotatable bonds is 3. The summed E-state index contributed by atoms with van der Waals surface area (Å²) in [5.41, 5.74) is 1.75. The third kappa shape index (κ3) is 2.14. The molecule has 0 N–H and O–H groups in total. The molecule has 0 unspecified atom stereocenters. The molecule has 0 atom stereocenters. The van der Waals surface area contributed by atoms with E-state index >= 15 is 0 Å². The largest absolute Gasteiger partial charge is 0.268 e. The molecule has 5 heteroatoms. The highest BCUT2D eigenvalue weighted by Crippen LogP contribution is 2.27. The Hall–Kier alpha value is -1.34. The zero-order chi connectivity index (χ0) is 14.2. The number of halogens is 1. The van der Waals surface area contributed by atoms with E-state index in [9.17, 15) is 8.42 Å². The number of hydrogen-bond donors (Lipinski definition) is 0. The van der Waals surface area contributed by atoms with Crippen LogP contribution >= 0.6 is 22.6 Å². The average molecular weight is 397 g/mol. The number of nitrogens with zero attached hydrogens (tertiary/aromatic N) is 1. The summed E-state index contributed by atoms with van der Waals surface area (Å²) in [4.78, 5) is 0.306. The number of fused-ring (bicyclic) bond motifs is 1. The number of aromatic nitrogens is 1. The molecular formula is C15H12INO2S. The second-order valence-corrected chi connectivity index (χ2v) is 7.00. The summed E-state index contributed by atoms with van der Waals surface area (Å²) in [7, 11) is -3.54. The van der Waals surface area contributed by atoms with Gasteiger partial charge in [-0.15, -0.1) is 0 Å². The van der Waals surface area contributed by atoms with Gasteiger partial charge in [0, 0.05) is 16.0 Å². The van der Waals surface area contributed by atoms with Crippen molar-refractivity contribution in [1.29, 1.82) is 0 Å². The van der Waals surface area contributed by atoms with E-state index in [0.29, 0.717) is 4.90 Å². The molecule has 1 aromatic heterocycles. The standard InChI is InChI=1S/C15H12INO2S/c16-10-12-11-17(15-9-5-4-8-14(12)15)20(18,19)13-6-2-1-3-7-13/h1-9,11H,10H2. The lowest BCUT2D eigenvalue weighted by Crippen LogP contribution is -2.11. The maximum atomic E-state index is 12.7. The smallest absolute Gasteiger partial charge is 0.241 e. The highest BCUT2D eigenvalue weighted by atomic mass is 127. The van der Waals surface area contributed by atoms with Gasteiger partial charge in [0.05, 0.1) is 10.4 Å². The molecule has 0 saturated heterocycles. The zero-order valence-corrected chi connectivity index (χ0v) is 13.5. The van der Waals surface area contributed by atoms with Gasteiger partial charge in [-0.3, -0.25) is 0 Å². The second kappa shape index (κ2) is 5.21. The summed E-state index contributed by atoms with van der Waals surface area (Å²) in [5.74, 6) is 0. The quantitative estimate of drug-likeness (QED) is 0.498. The maximum Gasteiger partial charge on any atom is 0.268 e. The Morgan fingerprint density at radius 2 is 1.60 bits per heavy atom. The van der Waals surface area contributed by atoms with E-state index in [0.717, 1.165) is 20.9 Å². The summed E-state index contributed by atoms with van der Waals surface area (Å²) >= 11 is 2.25. The van der Waals surface area contributed by atoms with Gasteiger partial charge in [-0.2, -0.15) is 0 Å². The van der Waals surface area contributed by atoms with Gasteiger partial charge in [0.15, 0.2) is 0 Å². The van der Waals surface area contributed by atoms with E-state index in [1.165, 1.54) is 3.97 Å². The van der Waals surface area contributed by atoms with Crippen LogP contribution in [0.1, 0.15) is 5.56 Å². The minimum atomic E-state index is -3.54. The third-order valence-corrected chi connectivity index (χ3v) is 5.71. The summed E-state index contributed by atoms with van der Waals surface area (Å²) in [6.45, 7) is 0. The molecule has 3 nitrogen and oxygen atoms in total. The van der Waals surface area contributed by atoms with Crippen LogP contribution in [0.3, 0.4) is 0 Å². The van der Waals surface area contributed by atoms with Gasteiger partial charge in [0.2, 0.25) is 0 Å². The lowest BCUT2D eigenvalue weighted by Gasteiger charge is -2.07. The monoisotopic (exact) mass is 397 g/mol. The van der Waals surface area contributed by atoms with Crippen molar-refractivity contribution in [1.82, 2.24) is 3.97 Å². The molecule has 0 aliphatic carbocycles. The molecule has 0 aliphatic heterocycles. The number of para-hydroxylation sites is 1. The van der Waals surface area contributed by atoms with Crippen LogP contribution in [0, 0.1) is 0 Å². The number of benzene rings is 2. The van der Waals surface area contributed by atoms with Crippen molar-refractivity contribution in [2.75, 3.05) is 0 Å². The predicted molar refractivity (Wildman–Crippen MR) is 88.7 cm³/mol. The lowest BCUT2D eigenvalue weighted by molar-refractivity contribution is 0.589. The van der Waals surface area contributed by atoms with Gasteiger partial charge >= 0.3 is 0 Å². The highest BCUT2D eigenvalue weighted by molar-refractivity contribution is 14.1.